The zero-order valence-electron chi connectivity index (χ0n) is 33.6. The lowest BCUT2D eigenvalue weighted by atomic mass is 9.80. The van der Waals surface area contributed by atoms with E-state index < -0.39 is 0 Å². The molecule has 0 amide bonds. The first-order valence-corrected chi connectivity index (χ1v) is 20.5. The van der Waals surface area contributed by atoms with Crippen molar-refractivity contribution in [2.24, 2.45) is 0 Å². The molecule has 0 bridgehead atoms. The van der Waals surface area contributed by atoms with Gasteiger partial charge in [0.25, 0.3) is 0 Å². The molecule has 0 N–H and O–H groups in total. The van der Waals surface area contributed by atoms with Crippen molar-refractivity contribution in [3.8, 4) is 84.4 Å². The molecule has 10 aromatic rings. The average molecular weight is 788 g/mol. The van der Waals surface area contributed by atoms with E-state index in [1.54, 1.807) is 12.1 Å². The fourth-order valence-corrected chi connectivity index (χ4v) is 8.98. The Morgan fingerprint density at radius 3 is 1.67 bits per heavy atom. The van der Waals surface area contributed by atoms with E-state index >= 15 is 0 Å². The van der Waals surface area contributed by atoms with Crippen LogP contribution in [-0.4, -0.2) is 24.5 Å². The molecule has 5 nitrogen and oxygen atoms in total. The van der Waals surface area contributed by atoms with Gasteiger partial charge in [0.15, 0.2) is 11.6 Å². The molecule has 0 unspecified atom stereocenters. The van der Waals surface area contributed by atoms with Crippen LogP contribution in [0.1, 0.15) is 25.0 Å². The largest absolute Gasteiger partial charge is 0.316 e. The van der Waals surface area contributed by atoms with Gasteiger partial charge in [-0.15, -0.1) is 0 Å². The minimum Gasteiger partial charge on any atom is -0.316 e. The van der Waals surface area contributed by atoms with Crippen LogP contribution in [-0.2, 0) is 5.41 Å². The molecule has 0 aliphatic heterocycles. The molecule has 7 aromatic carbocycles. The number of hydrogen-bond donors (Lipinski definition) is 0. The van der Waals surface area contributed by atoms with Crippen molar-refractivity contribution in [3.05, 3.63) is 211 Å². The molecule has 0 saturated carbocycles. The monoisotopic (exact) mass is 787 g/mol. The van der Waals surface area contributed by atoms with E-state index in [1.165, 1.54) is 50.9 Å². The molecule has 11 rings (SSSR count). The normalized spacial score (nSPS) is 12.6. The van der Waals surface area contributed by atoms with Crippen LogP contribution in [0.5, 0.6) is 0 Å². The zero-order valence-corrected chi connectivity index (χ0v) is 33.6. The summed E-state index contributed by atoms with van der Waals surface area (Å²) in [6, 6.07) is 59.5. The van der Waals surface area contributed by atoms with E-state index in [2.05, 4.69) is 152 Å². The van der Waals surface area contributed by atoms with E-state index in [9.17, 15) is 4.39 Å². The van der Waals surface area contributed by atoms with Crippen molar-refractivity contribution < 1.29 is 4.39 Å². The predicted octanol–water partition coefficient (Wildman–Crippen LogP) is 13.7. The summed E-state index contributed by atoms with van der Waals surface area (Å²) in [6.45, 7) is 4.70. The van der Waals surface area contributed by atoms with E-state index in [1.807, 2.05) is 36.7 Å². The van der Waals surface area contributed by atoms with Crippen molar-refractivity contribution in [1.29, 1.82) is 0 Å². The maximum absolute atomic E-state index is 14.0. The summed E-state index contributed by atoms with van der Waals surface area (Å²) in [5, 5.41) is 1.28. The van der Waals surface area contributed by atoms with Crippen molar-refractivity contribution in [1.82, 2.24) is 24.5 Å². The molecule has 0 radical (unpaired) electrons. The molecule has 0 spiro atoms. The summed E-state index contributed by atoms with van der Waals surface area (Å²) in [5.41, 5.74) is 17.0. The minimum atomic E-state index is -0.306. The second-order valence-electron chi connectivity index (χ2n) is 16.1. The second-order valence-corrected chi connectivity index (χ2v) is 16.1. The maximum Gasteiger partial charge on any atom is 0.198 e. The van der Waals surface area contributed by atoms with Crippen LogP contribution in [0, 0.1) is 5.82 Å². The summed E-state index contributed by atoms with van der Waals surface area (Å²) >= 11 is 0. The molecule has 6 heteroatoms. The lowest BCUT2D eigenvalue weighted by molar-refractivity contribution is 0.628. The van der Waals surface area contributed by atoms with Crippen LogP contribution in [0.3, 0.4) is 0 Å². The van der Waals surface area contributed by atoms with Gasteiger partial charge in [-0.05, 0) is 93.0 Å². The lowest BCUT2D eigenvalue weighted by Gasteiger charge is -2.23. The Balaban J connectivity index is 0.952. The first-order chi connectivity index (χ1) is 29.9. The van der Waals surface area contributed by atoms with Crippen molar-refractivity contribution in [2.45, 2.75) is 19.3 Å². The highest BCUT2D eigenvalue weighted by Gasteiger charge is 2.38. The van der Waals surface area contributed by atoms with Gasteiger partial charge in [0.2, 0.25) is 0 Å². The van der Waals surface area contributed by atoms with Crippen molar-refractivity contribution in [3.63, 3.8) is 0 Å². The van der Waals surface area contributed by atoms with E-state index in [0.717, 1.165) is 50.3 Å². The number of nitrogens with zero attached hydrogens (tertiary/aromatic N) is 5. The standard InChI is InChI=1S/C55H38FN5/c1-55(2)47-16-10-9-15-44(47)45-29-30-50-51(52(45)55)46(34-61(50)43-13-7-4-8-14-43)38-21-17-37(18-22-38)41-32-57-53(58-33-41)54-59-48(31-49(60-54)40-25-27-42(56)28-26-40)39-23-19-36(20-24-39)35-11-5-3-6-12-35/h3-34H,1-2H3. The Kier molecular flexibility index (Phi) is 8.60. The number of halogens is 1. The summed E-state index contributed by atoms with van der Waals surface area (Å²) < 4.78 is 16.3. The van der Waals surface area contributed by atoms with Crippen LogP contribution in [0.15, 0.2) is 195 Å². The third kappa shape index (κ3) is 6.32. The van der Waals surface area contributed by atoms with Crippen molar-refractivity contribution >= 4 is 10.9 Å². The van der Waals surface area contributed by atoms with Gasteiger partial charge >= 0.3 is 0 Å². The quantitative estimate of drug-likeness (QED) is 0.161. The van der Waals surface area contributed by atoms with Crippen LogP contribution >= 0.6 is 0 Å². The van der Waals surface area contributed by atoms with E-state index in [0.29, 0.717) is 17.3 Å². The lowest BCUT2D eigenvalue weighted by Crippen LogP contribution is -2.15. The Hall–Kier alpha value is -7.83. The fourth-order valence-electron chi connectivity index (χ4n) is 8.98. The zero-order chi connectivity index (χ0) is 41.1. The molecule has 1 aliphatic rings. The molecule has 3 heterocycles. The molecule has 3 aromatic heterocycles. The summed E-state index contributed by atoms with van der Waals surface area (Å²) in [5.74, 6) is 0.482. The summed E-state index contributed by atoms with van der Waals surface area (Å²) in [6.07, 6.45) is 5.94. The summed E-state index contributed by atoms with van der Waals surface area (Å²) in [4.78, 5) is 19.4. The Labute approximate surface area is 353 Å². The van der Waals surface area contributed by atoms with Crippen molar-refractivity contribution in [2.75, 3.05) is 0 Å². The van der Waals surface area contributed by atoms with Gasteiger partial charge in [0.1, 0.15) is 5.82 Å². The van der Waals surface area contributed by atoms with E-state index in [4.69, 9.17) is 19.9 Å². The minimum absolute atomic E-state index is 0.169. The topological polar surface area (TPSA) is 56.5 Å². The molecule has 290 valence electrons. The van der Waals surface area contributed by atoms with Gasteiger partial charge < -0.3 is 4.57 Å². The van der Waals surface area contributed by atoms with E-state index in [-0.39, 0.29) is 11.2 Å². The molecule has 61 heavy (non-hydrogen) atoms. The number of fused-ring (bicyclic) bond motifs is 5. The molecule has 1 aliphatic carbocycles. The van der Waals surface area contributed by atoms with Gasteiger partial charge in [-0.25, -0.2) is 24.3 Å². The number of hydrogen-bond acceptors (Lipinski definition) is 4. The van der Waals surface area contributed by atoms with Crippen LogP contribution in [0.4, 0.5) is 4.39 Å². The van der Waals surface area contributed by atoms with Gasteiger partial charge in [0.05, 0.1) is 16.9 Å². The Bertz CT molecular complexity index is 3230. The molecular weight excluding hydrogens is 750 g/mol. The summed E-state index contributed by atoms with van der Waals surface area (Å²) in [7, 11) is 0. The highest BCUT2D eigenvalue weighted by atomic mass is 19.1. The third-order valence-corrected chi connectivity index (χ3v) is 12.1. The number of benzene rings is 7. The van der Waals surface area contributed by atoms with Gasteiger partial charge in [-0.1, -0.05) is 141 Å². The third-order valence-electron chi connectivity index (χ3n) is 12.1. The highest BCUT2D eigenvalue weighted by molar-refractivity contribution is 6.06. The molecule has 0 fully saturated rings. The first-order valence-electron chi connectivity index (χ1n) is 20.5. The molecular formula is C55H38FN5. The fraction of sp³-hybridized carbons (Fsp3) is 0.0545. The van der Waals surface area contributed by atoms with Crippen LogP contribution < -0.4 is 0 Å². The number of rotatable bonds is 7. The molecule has 0 saturated heterocycles. The highest BCUT2D eigenvalue weighted by Crippen LogP contribution is 2.53. The second kappa shape index (κ2) is 14.5. The van der Waals surface area contributed by atoms with Gasteiger partial charge in [0, 0.05) is 57.3 Å². The number of aromatic nitrogens is 5. The SMILES string of the molecule is CC1(C)c2ccccc2-c2ccc3c(c(-c4ccc(-c5cnc(-c6nc(-c7ccc(F)cc7)cc(-c7ccc(-c8ccccc8)cc7)n6)nc5)cc4)cn3-c3ccccc3)c21. The first kappa shape index (κ1) is 36.3. The number of para-hydroxylation sites is 1. The predicted molar refractivity (Wildman–Crippen MR) is 245 cm³/mol. The van der Waals surface area contributed by atoms with Crippen LogP contribution in [0.25, 0.3) is 95.3 Å². The smallest absolute Gasteiger partial charge is 0.198 e. The van der Waals surface area contributed by atoms with Gasteiger partial charge in [-0.2, -0.15) is 0 Å². The van der Waals surface area contributed by atoms with Gasteiger partial charge in [-0.3, -0.25) is 0 Å². The maximum atomic E-state index is 14.0. The van der Waals surface area contributed by atoms with Crippen LogP contribution in [0.2, 0.25) is 0 Å². The molecule has 0 atom stereocenters. The average Bonchev–Trinajstić information content (AvgIpc) is 3.82. The Morgan fingerprint density at radius 2 is 1.00 bits per heavy atom. The Morgan fingerprint density at radius 1 is 0.459 bits per heavy atom.